The number of halogens is 3. The van der Waals surface area contributed by atoms with Gasteiger partial charge in [-0.25, -0.2) is 0 Å². The number of hydrogen-bond acceptors (Lipinski definition) is 5. The highest BCUT2D eigenvalue weighted by Gasteiger charge is 2.47. The molecule has 2 amide bonds. The molecule has 0 radical (unpaired) electrons. The average molecular weight is 533 g/mol. The molecule has 0 bridgehead atoms. The van der Waals surface area contributed by atoms with Gasteiger partial charge in [0.2, 0.25) is 0 Å². The van der Waals surface area contributed by atoms with Crippen molar-refractivity contribution >= 4 is 11.8 Å². The summed E-state index contributed by atoms with van der Waals surface area (Å²) < 4.78 is 44.3. The molecule has 0 unspecified atom stereocenters. The fourth-order valence-electron chi connectivity index (χ4n) is 5.97. The Morgan fingerprint density at radius 3 is 2.74 bits per heavy atom. The van der Waals surface area contributed by atoms with Crippen LogP contribution in [0.2, 0.25) is 0 Å². The molecule has 1 aromatic heterocycles. The van der Waals surface area contributed by atoms with E-state index in [1.54, 1.807) is 16.8 Å². The van der Waals surface area contributed by atoms with Gasteiger partial charge in [0.15, 0.2) is 6.61 Å². The summed E-state index contributed by atoms with van der Waals surface area (Å²) in [5, 5.41) is 21.1. The van der Waals surface area contributed by atoms with E-state index >= 15 is 0 Å². The number of carbonyl (C=O) groups excluding carboxylic acids is 2. The molecule has 1 spiro atoms. The van der Waals surface area contributed by atoms with Gasteiger partial charge in [0, 0.05) is 19.5 Å². The van der Waals surface area contributed by atoms with Crippen LogP contribution in [0, 0.1) is 5.92 Å². The molecule has 6 rings (SSSR count). The number of nitrogens with one attached hydrogen (secondary N) is 2. The first-order valence-corrected chi connectivity index (χ1v) is 13.3. The zero-order valence-electron chi connectivity index (χ0n) is 21.0. The smallest absolute Gasteiger partial charge is 0.422 e. The monoisotopic (exact) mass is 532 g/mol. The van der Waals surface area contributed by atoms with E-state index in [9.17, 15) is 27.9 Å². The number of aromatic nitrogens is 2. The van der Waals surface area contributed by atoms with Crippen molar-refractivity contribution in [2.75, 3.05) is 13.2 Å². The Kier molecular flexibility index (Phi) is 5.97. The summed E-state index contributed by atoms with van der Waals surface area (Å²) in [6.45, 7) is -0.703. The van der Waals surface area contributed by atoms with Crippen LogP contribution in [0.3, 0.4) is 0 Å². The molecule has 38 heavy (non-hydrogen) atoms. The van der Waals surface area contributed by atoms with Gasteiger partial charge in [0.05, 0.1) is 22.4 Å². The third-order valence-corrected chi connectivity index (χ3v) is 8.41. The molecule has 204 valence electrons. The number of alkyl halides is 3. The highest BCUT2D eigenvalue weighted by molar-refractivity contribution is 6.08. The summed E-state index contributed by atoms with van der Waals surface area (Å²) >= 11 is 0. The minimum Gasteiger partial charge on any atom is -0.484 e. The molecule has 3 aliphatic carbocycles. The van der Waals surface area contributed by atoms with Gasteiger partial charge in [0.1, 0.15) is 11.4 Å². The Morgan fingerprint density at radius 2 is 2.05 bits per heavy atom. The Labute approximate surface area is 217 Å². The van der Waals surface area contributed by atoms with Gasteiger partial charge < -0.3 is 20.5 Å². The maximum absolute atomic E-state index is 13.6. The van der Waals surface area contributed by atoms with Crippen LogP contribution >= 0.6 is 0 Å². The number of hydrogen-bond donors (Lipinski definition) is 3. The molecule has 1 atom stereocenters. The van der Waals surface area contributed by atoms with E-state index in [1.165, 1.54) is 6.07 Å². The fraction of sp³-hybridized carbons (Fsp3) is 0.593. The molecular formula is C27H31F3N4O4. The number of carbonyl (C=O) groups is 2. The van der Waals surface area contributed by atoms with E-state index in [-0.39, 0.29) is 29.5 Å². The minimum absolute atomic E-state index is 0.131. The van der Waals surface area contributed by atoms with Crippen molar-refractivity contribution in [3.8, 4) is 5.75 Å². The van der Waals surface area contributed by atoms with E-state index in [2.05, 4.69) is 10.6 Å². The Hall–Kier alpha value is -3.08. The molecule has 2 fully saturated rings. The van der Waals surface area contributed by atoms with Gasteiger partial charge in [-0.15, -0.1) is 0 Å². The van der Waals surface area contributed by atoms with E-state index in [4.69, 9.17) is 9.84 Å². The van der Waals surface area contributed by atoms with Crippen LogP contribution in [0.25, 0.3) is 0 Å². The zero-order valence-corrected chi connectivity index (χ0v) is 21.0. The summed E-state index contributed by atoms with van der Waals surface area (Å²) in [5.74, 6) is -0.0585. The van der Waals surface area contributed by atoms with E-state index < -0.39 is 29.8 Å². The zero-order chi connectivity index (χ0) is 26.7. The highest BCUT2D eigenvalue weighted by Crippen LogP contribution is 2.44. The Bertz CT molecular complexity index is 1280. The second-order valence-electron chi connectivity index (χ2n) is 11.3. The third kappa shape index (κ3) is 4.76. The van der Waals surface area contributed by atoms with Crippen LogP contribution in [0.15, 0.2) is 18.2 Å². The van der Waals surface area contributed by atoms with Gasteiger partial charge in [-0.2, -0.15) is 18.3 Å². The average Bonchev–Trinajstić information content (AvgIpc) is 3.52. The lowest BCUT2D eigenvalue weighted by molar-refractivity contribution is -0.153. The Balaban J connectivity index is 1.27. The van der Waals surface area contributed by atoms with Crippen molar-refractivity contribution in [2.45, 2.75) is 81.6 Å². The molecule has 1 aliphatic heterocycles. The Morgan fingerprint density at radius 1 is 1.26 bits per heavy atom. The SMILES string of the molecule is O=C1N[C@@]2(CCc3cc(OCC(F)(F)F)ccc32)Cc2nn(CCC3CC3)c(C(=O)NCC3(O)CCC3)c21. The van der Waals surface area contributed by atoms with Crippen LogP contribution in [0.4, 0.5) is 13.2 Å². The van der Waals surface area contributed by atoms with Gasteiger partial charge in [-0.1, -0.05) is 18.9 Å². The van der Waals surface area contributed by atoms with Crippen molar-refractivity contribution in [3.05, 3.63) is 46.3 Å². The lowest BCUT2D eigenvalue weighted by Crippen LogP contribution is -2.51. The van der Waals surface area contributed by atoms with Crippen LogP contribution in [0.5, 0.6) is 5.75 Å². The van der Waals surface area contributed by atoms with E-state index in [1.807, 2.05) is 0 Å². The molecular weight excluding hydrogens is 501 g/mol. The number of nitrogens with zero attached hydrogens (tertiary/aromatic N) is 2. The predicted molar refractivity (Wildman–Crippen MR) is 130 cm³/mol. The number of amides is 2. The number of aryl methyl sites for hydroxylation is 2. The van der Waals surface area contributed by atoms with E-state index in [0.717, 1.165) is 36.8 Å². The fourth-order valence-corrected chi connectivity index (χ4v) is 5.97. The molecule has 2 saturated carbocycles. The molecule has 8 nitrogen and oxygen atoms in total. The molecule has 4 aliphatic rings. The van der Waals surface area contributed by atoms with Crippen LogP contribution in [-0.4, -0.2) is 51.6 Å². The molecule has 2 heterocycles. The first kappa shape index (κ1) is 25.2. The molecule has 1 aromatic carbocycles. The lowest BCUT2D eigenvalue weighted by atomic mass is 9.80. The number of rotatable bonds is 8. The van der Waals surface area contributed by atoms with Gasteiger partial charge >= 0.3 is 6.18 Å². The number of ether oxygens (including phenoxy) is 1. The summed E-state index contributed by atoms with van der Waals surface area (Å²) in [4.78, 5) is 26.9. The summed E-state index contributed by atoms with van der Waals surface area (Å²) in [5.41, 5.74) is 1.06. The number of aliphatic hydroxyl groups is 1. The molecule has 3 N–H and O–H groups in total. The van der Waals surface area contributed by atoms with Gasteiger partial charge in [0.25, 0.3) is 11.8 Å². The number of benzene rings is 1. The van der Waals surface area contributed by atoms with Crippen LogP contribution < -0.4 is 15.4 Å². The summed E-state index contributed by atoms with van der Waals surface area (Å²) in [6.07, 6.45) is 2.48. The third-order valence-electron chi connectivity index (χ3n) is 8.41. The molecule has 11 heteroatoms. The highest BCUT2D eigenvalue weighted by atomic mass is 19.4. The van der Waals surface area contributed by atoms with Crippen LogP contribution in [0.1, 0.15) is 82.6 Å². The largest absolute Gasteiger partial charge is 0.484 e. The first-order valence-electron chi connectivity index (χ1n) is 13.3. The maximum Gasteiger partial charge on any atom is 0.422 e. The normalized spacial score (nSPS) is 23.4. The van der Waals surface area contributed by atoms with Gasteiger partial charge in [-0.05, 0) is 67.7 Å². The predicted octanol–water partition coefficient (Wildman–Crippen LogP) is 3.40. The summed E-state index contributed by atoms with van der Waals surface area (Å²) in [6, 6.07) is 4.82. The standard InChI is InChI=1S/C27H31F3N4O4/c28-27(29,30)15-38-18-4-5-19-17(12-18)6-10-26(19)13-20-21(23(35)32-26)22(34(33-20)11-7-16-2-3-16)24(36)31-14-25(37)8-1-9-25/h4-5,12,16,37H,1-3,6-11,13-15H2,(H,31,36)(H,32,35)/t26-/m0/s1. The molecule has 0 saturated heterocycles. The van der Waals surface area contributed by atoms with Crippen molar-refractivity contribution in [3.63, 3.8) is 0 Å². The maximum atomic E-state index is 13.6. The van der Waals surface area contributed by atoms with Crippen LogP contribution in [-0.2, 0) is 24.9 Å². The van der Waals surface area contributed by atoms with Crippen molar-refractivity contribution < 1.29 is 32.6 Å². The quantitative estimate of drug-likeness (QED) is 0.484. The van der Waals surface area contributed by atoms with Crippen molar-refractivity contribution in [1.29, 1.82) is 0 Å². The topological polar surface area (TPSA) is 105 Å². The minimum atomic E-state index is -4.42. The number of fused-ring (bicyclic) bond motifs is 3. The van der Waals surface area contributed by atoms with E-state index in [0.29, 0.717) is 50.3 Å². The van der Waals surface area contributed by atoms with Crippen molar-refractivity contribution in [2.24, 2.45) is 5.92 Å². The second kappa shape index (κ2) is 9.00. The van der Waals surface area contributed by atoms with Crippen molar-refractivity contribution in [1.82, 2.24) is 20.4 Å². The molecule has 2 aromatic rings. The lowest BCUT2D eigenvalue weighted by Gasteiger charge is -2.36. The summed E-state index contributed by atoms with van der Waals surface area (Å²) in [7, 11) is 0. The second-order valence-corrected chi connectivity index (χ2v) is 11.3. The van der Waals surface area contributed by atoms with Gasteiger partial charge in [-0.3, -0.25) is 14.3 Å². The first-order chi connectivity index (χ1) is 18.0.